The lowest BCUT2D eigenvalue weighted by Gasteiger charge is -2.35. The van der Waals surface area contributed by atoms with Gasteiger partial charge in [0, 0.05) is 11.0 Å². The molecule has 2 N–H and O–H groups in total. The zero-order valence-corrected chi connectivity index (χ0v) is 21.0. The molecule has 1 nitrogen and oxygen atoms in total. The molecule has 170 valence electrons. The van der Waals surface area contributed by atoms with Gasteiger partial charge >= 0.3 is 0 Å². The Bertz CT molecular complexity index is 1290. The van der Waals surface area contributed by atoms with E-state index in [1.54, 1.807) is 5.56 Å². The van der Waals surface area contributed by atoms with Gasteiger partial charge in [-0.2, -0.15) is 0 Å². The topological polar surface area (TPSA) is 26.0 Å². The van der Waals surface area contributed by atoms with Crippen molar-refractivity contribution in [3.05, 3.63) is 125 Å². The van der Waals surface area contributed by atoms with Crippen molar-refractivity contribution in [1.82, 2.24) is 0 Å². The average Bonchev–Trinajstić information content (AvgIpc) is 3.42. The summed E-state index contributed by atoms with van der Waals surface area (Å²) in [7, 11) is -0.649. The van der Waals surface area contributed by atoms with Crippen molar-refractivity contribution in [3.8, 4) is 0 Å². The summed E-state index contributed by atoms with van der Waals surface area (Å²) < 4.78 is 0. The molecule has 0 unspecified atom stereocenters. The molecule has 0 saturated carbocycles. The second-order valence-corrected chi connectivity index (χ2v) is 12.6. The predicted molar refractivity (Wildman–Crippen MR) is 146 cm³/mol. The van der Waals surface area contributed by atoms with E-state index in [-0.39, 0.29) is 11.0 Å². The van der Waals surface area contributed by atoms with Crippen LogP contribution in [0, 0.1) is 0 Å². The van der Waals surface area contributed by atoms with Crippen LogP contribution < -0.4 is 21.6 Å². The zero-order valence-electron chi connectivity index (χ0n) is 20.1. The fourth-order valence-corrected chi connectivity index (χ4v) is 9.08. The van der Waals surface area contributed by atoms with Crippen LogP contribution in [0.4, 0.5) is 0 Å². The summed E-state index contributed by atoms with van der Waals surface area (Å²) in [6.07, 6.45) is 4.66. The van der Waals surface area contributed by atoms with Crippen LogP contribution in [0.25, 0.3) is 0 Å². The Labute approximate surface area is 204 Å². The van der Waals surface area contributed by atoms with Crippen LogP contribution >= 0.6 is 7.92 Å². The zero-order chi connectivity index (χ0) is 23.3. The van der Waals surface area contributed by atoms with Crippen molar-refractivity contribution in [3.63, 3.8) is 0 Å². The number of hydrogen-bond donors (Lipinski definition) is 1. The second-order valence-electron chi connectivity index (χ2n) is 10.5. The van der Waals surface area contributed by atoms with Crippen LogP contribution in [0.5, 0.6) is 0 Å². The van der Waals surface area contributed by atoms with Crippen molar-refractivity contribution >= 4 is 23.8 Å². The van der Waals surface area contributed by atoms with Gasteiger partial charge in [0.05, 0.1) is 0 Å². The monoisotopic (exact) mass is 461 g/mol. The van der Waals surface area contributed by atoms with Crippen LogP contribution in [-0.2, 0) is 23.8 Å². The van der Waals surface area contributed by atoms with Crippen LogP contribution in [0.3, 0.4) is 0 Å². The van der Waals surface area contributed by atoms with Gasteiger partial charge in [-0.1, -0.05) is 97.1 Å². The fourth-order valence-electron chi connectivity index (χ4n) is 6.47. The minimum absolute atomic E-state index is 0.0681. The van der Waals surface area contributed by atoms with Crippen molar-refractivity contribution < 1.29 is 0 Å². The number of hydrogen-bond acceptors (Lipinski definition) is 1. The van der Waals surface area contributed by atoms with E-state index in [2.05, 4.69) is 111 Å². The van der Waals surface area contributed by atoms with E-state index in [9.17, 15) is 0 Å². The molecule has 0 bridgehead atoms. The molecule has 0 amide bonds. The summed E-state index contributed by atoms with van der Waals surface area (Å²) in [5.41, 5.74) is 14.0. The lowest BCUT2D eigenvalue weighted by molar-refractivity contribution is 0.481. The maximum Gasteiger partial charge on any atom is 0.0355 e. The minimum Gasteiger partial charge on any atom is -0.322 e. The first-order chi connectivity index (χ1) is 16.5. The van der Waals surface area contributed by atoms with Gasteiger partial charge in [-0.25, -0.2) is 0 Å². The predicted octanol–water partition coefficient (Wildman–Crippen LogP) is 5.82. The lowest BCUT2D eigenvalue weighted by atomic mass is 9.72. The molecule has 2 aliphatic carbocycles. The van der Waals surface area contributed by atoms with Crippen LogP contribution in [0.1, 0.15) is 54.5 Å². The molecule has 4 aromatic rings. The summed E-state index contributed by atoms with van der Waals surface area (Å²) >= 11 is 0. The average molecular weight is 462 g/mol. The first-order valence-corrected chi connectivity index (χ1v) is 13.8. The second kappa shape index (κ2) is 8.19. The molecule has 6 rings (SSSR count). The molecule has 0 aliphatic heterocycles. The van der Waals surface area contributed by atoms with E-state index >= 15 is 0 Å². The van der Waals surface area contributed by atoms with Gasteiger partial charge in [0.1, 0.15) is 0 Å². The molecule has 0 aromatic heterocycles. The number of fused-ring (bicyclic) bond motifs is 4. The Morgan fingerprint density at radius 3 is 1.74 bits per heavy atom. The smallest absolute Gasteiger partial charge is 0.0355 e. The summed E-state index contributed by atoms with van der Waals surface area (Å²) in [5.74, 6) is 0. The third-order valence-electron chi connectivity index (χ3n) is 7.84. The van der Waals surface area contributed by atoms with E-state index in [4.69, 9.17) is 5.73 Å². The molecule has 4 aromatic carbocycles. The van der Waals surface area contributed by atoms with Gasteiger partial charge in [0.2, 0.25) is 0 Å². The summed E-state index contributed by atoms with van der Waals surface area (Å²) in [4.78, 5) is 0. The highest BCUT2D eigenvalue weighted by atomic mass is 31.1. The quantitative estimate of drug-likeness (QED) is 0.381. The molecule has 2 aliphatic rings. The number of benzene rings is 4. The number of rotatable bonds is 4. The van der Waals surface area contributed by atoms with E-state index in [1.807, 2.05) is 0 Å². The molecular weight excluding hydrogens is 429 g/mol. The van der Waals surface area contributed by atoms with Crippen molar-refractivity contribution in [2.24, 2.45) is 5.73 Å². The van der Waals surface area contributed by atoms with Gasteiger partial charge in [-0.15, -0.1) is 0 Å². The Morgan fingerprint density at radius 2 is 1.18 bits per heavy atom. The largest absolute Gasteiger partial charge is 0.322 e. The Morgan fingerprint density at radius 1 is 0.647 bits per heavy atom. The highest BCUT2D eigenvalue weighted by Crippen LogP contribution is 2.55. The van der Waals surface area contributed by atoms with Gasteiger partial charge in [0.15, 0.2) is 0 Å². The maximum atomic E-state index is 6.78. The van der Waals surface area contributed by atoms with E-state index in [1.165, 1.54) is 51.0 Å². The summed E-state index contributed by atoms with van der Waals surface area (Å²) in [6, 6.07) is 36.2. The van der Waals surface area contributed by atoms with Crippen molar-refractivity contribution in [2.45, 2.75) is 50.5 Å². The van der Waals surface area contributed by atoms with Gasteiger partial charge < -0.3 is 5.73 Å². The van der Waals surface area contributed by atoms with Crippen molar-refractivity contribution in [1.29, 1.82) is 0 Å². The molecular formula is C32H32NP. The standard InChI is InChI=1S/C32H32NP/c1-31(2,33)27-17-9-11-23-19-21-32(29(23)27)22-20-24-12-10-18-28(30(24)32)34(25-13-5-3-6-14-25)26-15-7-4-8-16-26/h3-18H,19-22,33H2,1-2H3/t32-/m1/s1. The van der Waals surface area contributed by atoms with Crippen LogP contribution in [0.2, 0.25) is 0 Å². The van der Waals surface area contributed by atoms with Gasteiger partial charge in [-0.3, -0.25) is 0 Å². The maximum absolute atomic E-state index is 6.78. The van der Waals surface area contributed by atoms with Gasteiger partial charge in [0.25, 0.3) is 0 Å². The summed E-state index contributed by atoms with van der Waals surface area (Å²) in [6.45, 7) is 4.33. The first kappa shape index (κ1) is 21.8. The SMILES string of the molecule is CC(C)(N)c1cccc2c1[C@]1(CCc3cccc(P(c4ccccc4)c4ccccc4)c31)CC2. The number of nitrogens with two attached hydrogens (primary N) is 1. The third kappa shape index (κ3) is 3.37. The lowest BCUT2D eigenvalue weighted by Crippen LogP contribution is -2.36. The summed E-state index contributed by atoms with van der Waals surface area (Å²) in [5, 5.41) is 4.37. The Kier molecular flexibility index (Phi) is 5.25. The molecule has 1 spiro atoms. The van der Waals surface area contributed by atoms with E-state index in [0.29, 0.717) is 0 Å². The van der Waals surface area contributed by atoms with Gasteiger partial charge in [-0.05, 0) is 91.2 Å². The normalized spacial score (nSPS) is 18.9. The van der Waals surface area contributed by atoms with E-state index < -0.39 is 7.92 Å². The molecule has 1 atom stereocenters. The highest BCUT2D eigenvalue weighted by molar-refractivity contribution is 7.79. The number of aryl methyl sites for hydroxylation is 2. The minimum atomic E-state index is -0.649. The molecule has 0 radical (unpaired) electrons. The Balaban J connectivity index is 1.63. The molecule has 34 heavy (non-hydrogen) atoms. The highest BCUT2D eigenvalue weighted by Gasteiger charge is 2.49. The third-order valence-corrected chi connectivity index (χ3v) is 10.3. The molecule has 0 heterocycles. The Hall–Kier alpha value is -2.73. The first-order valence-electron chi connectivity index (χ1n) is 12.4. The van der Waals surface area contributed by atoms with Crippen LogP contribution in [-0.4, -0.2) is 0 Å². The van der Waals surface area contributed by atoms with Crippen molar-refractivity contribution in [2.75, 3.05) is 0 Å². The fraction of sp³-hybridized carbons (Fsp3) is 0.250. The molecule has 2 heteroatoms. The van der Waals surface area contributed by atoms with Crippen LogP contribution in [0.15, 0.2) is 97.1 Å². The molecule has 0 saturated heterocycles. The van der Waals surface area contributed by atoms with E-state index in [0.717, 1.165) is 12.8 Å². The molecule has 0 fully saturated rings.